The average Bonchev–Trinajstić information content (AvgIpc) is 3.12. The molecular formula is C14H26N2O3. The molecule has 2 rings (SSSR count). The molecule has 1 saturated heterocycles. The minimum absolute atomic E-state index is 0.0310. The monoisotopic (exact) mass is 270 g/mol. The molecule has 2 fully saturated rings. The van der Waals surface area contributed by atoms with E-state index in [1.807, 2.05) is 0 Å². The van der Waals surface area contributed by atoms with Crippen LogP contribution in [0.3, 0.4) is 0 Å². The molecule has 19 heavy (non-hydrogen) atoms. The number of hydrogen-bond donors (Lipinski definition) is 2. The lowest BCUT2D eigenvalue weighted by Gasteiger charge is -2.30. The molecule has 0 spiro atoms. The normalized spacial score (nSPS) is 24.7. The highest BCUT2D eigenvalue weighted by atomic mass is 16.5. The van der Waals surface area contributed by atoms with Gasteiger partial charge in [0.05, 0.1) is 12.1 Å². The summed E-state index contributed by atoms with van der Waals surface area (Å²) in [5, 5.41) is 13.0. The summed E-state index contributed by atoms with van der Waals surface area (Å²) in [6, 6.07) is 0.489. The standard InChI is InChI=1S/C14H26N2O3/c1-14(2,18)10-16(12-5-6-12)13(17)15-11-4-3-8-19-9-7-11/h11-12,18H,3-10H2,1-2H3,(H,15,17)/t11-/m0/s1. The summed E-state index contributed by atoms with van der Waals surface area (Å²) in [6.07, 6.45) is 4.97. The van der Waals surface area contributed by atoms with Crippen LogP contribution in [-0.2, 0) is 4.74 Å². The van der Waals surface area contributed by atoms with Crippen LogP contribution in [0.1, 0.15) is 46.0 Å². The zero-order chi connectivity index (χ0) is 13.9. The first-order valence-corrected chi connectivity index (χ1v) is 7.33. The van der Waals surface area contributed by atoms with Crippen molar-refractivity contribution < 1.29 is 14.6 Å². The van der Waals surface area contributed by atoms with E-state index in [9.17, 15) is 9.90 Å². The molecule has 2 N–H and O–H groups in total. The predicted octanol–water partition coefficient (Wildman–Crippen LogP) is 1.50. The quantitative estimate of drug-likeness (QED) is 0.814. The molecule has 0 aromatic heterocycles. The van der Waals surface area contributed by atoms with Gasteiger partial charge in [0, 0.05) is 25.3 Å². The average molecular weight is 270 g/mol. The molecule has 1 aliphatic carbocycles. The fourth-order valence-electron chi connectivity index (χ4n) is 2.48. The summed E-state index contributed by atoms with van der Waals surface area (Å²) in [4.78, 5) is 14.1. The molecular weight excluding hydrogens is 244 g/mol. The van der Waals surface area contributed by atoms with Crippen LogP contribution in [0.15, 0.2) is 0 Å². The highest BCUT2D eigenvalue weighted by Crippen LogP contribution is 2.28. The highest BCUT2D eigenvalue weighted by molar-refractivity contribution is 5.75. The van der Waals surface area contributed by atoms with Gasteiger partial charge in [0.2, 0.25) is 0 Å². The van der Waals surface area contributed by atoms with Gasteiger partial charge in [-0.2, -0.15) is 0 Å². The first kappa shape index (κ1) is 14.6. The first-order valence-electron chi connectivity index (χ1n) is 7.33. The van der Waals surface area contributed by atoms with E-state index in [1.54, 1.807) is 18.7 Å². The van der Waals surface area contributed by atoms with Crippen LogP contribution in [-0.4, -0.2) is 53.5 Å². The molecule has 1 saturated carbocycles. The van der Waals surface area contributed by atoms with Gasteiger partial charge >= 0.3 is 6.03 Å². The van der Waals surface area contributed by atoms with Gasteiger partial charge in [0.25, 0.3) is 0 Å². The molecule has 5 heteroatoms. The lowest BCUT2D eigenvalue weighted by molar-refractivity contribution is 0.0439. The van der Waals surface area contributed by atoms with Crippen LogP contribution in [0.4, 0.5) is 4.79 Å². The Morgan fingerprint density at radius 3 is 2.68 bits per heavy atom. The second-order valence-electron chi connectivity index (χ2n) is 6.36. The Morgan fingerprint density at radius 2 is 2.05 bits per heavy atom. The minimum Gasteiger partial charge on any atom is -0.389 e. The Bertz CT molecular complexity index is 302. The van der Waals surface area contributed by atoms with E-state index in [0.717, 1.165) is 45.3 Å². The topological polar surface area (TPSA) is 61.8 Å². The maximum absolute atomic E-state index is 12.3. The molecule has 2 aliphatic rings. The van der Waals surface area contributed by atoms with Crippen molar-refractivity contribution in [1.82, 2.24) is 10.2 Å². The molecule has 2 amide bonds. The van der Waals surface area contributed by atoms with Gasteiger partial charge in [-0.25, -0.2) is 4.79 Å². The lowest BCUT2D eigenvalue weighted by Crippen LogP contribution is -2.50. The van der Waals surface area contributed by atoms with E-state index in [2.05, 4.69) is 5.32 Å². The van der Waals surface area contributed by atoms with Crippen molar-refractivity contribution in [3.63, 3.8) is 0 Å². The molecule has 1 aliphatic heterocycles. The number of carbonyl (C=O) groups excluding carboxylic acids is 1. The smallest absolute Gasteiger partial charge is 0.317 e. The fourth-order valence-corrected chi connectivity index (χ4v) is 2.48. The van der Waals surface area contributed by atoms with Gasteiger partial charge in [0.1, 0.15) is 0 Å². The van der Waals surface area contributed by atoms with Crippen LogP contribution in [0.25, 0.3) is 0 Å². The van der Waals surface area contributed by atoms with Gasteiger partial charge in [-0.1, -0.05) is 0 Å². The van der Waals surface area contributed by atoms with Crippen LogP contribution in [0, 0.1) is 0 Å². The second-order valence-corrected chi connectivity index (χ2v) is 6.36. The molecule has 0 aromatic carbocycles. The number of nitrogens with one attached hydrogen (secondary N) is 1. The fraction of sp³-hybridized carbons (Fsp3) is 0.929. The molecule has 1 atom stereocenters. The Morgan fingerprint density at radius 1 is 1.32 bits per heavy atom. The number of hydrogen-bond acceptors (Lipinski definition) is 3. The van der Waals surface area contributed by atoms with E-state index in [1.165, 1.54) is 0 Å². The van der Waals surface area contributed by atoms with Crippen molar-refractivity contribution in [2.45, 2.75) is 63.6 Å². The number of urea groups is 1. The van der Waals surface area contributed by atoms with E-state index in [0.29, 0.717) is 12.6 Å². The Balaban J connectivity index is 1.87. The van der Waals surface area contributed by atoms with Crippen molar-refractivity contribution in [3.05, 3.63) is 0 Å². The molecule has 0 bridgehead atoms. The van der Waals surface area contributed by atoms with Crippen molar-refractivity contribution in [1.29, 1.82) is 0 Å². The summed E-state index contributed by atoms with van der Waals surface area (Å²) in [7, 11) is 0. The molecule has 5 nitrogen and oxygen atoms in total. The van der Waals surface area contributed by atoms with E-state index in [-0.39, 0.29) is 12.1 Å². The number of ether oxygens (including phenoxy) is 1. The number of nitrogens with zero attached hydrogens (tertiary/aromatic N) is 1. The maximum atomic E-state index is 12.3. The van der Waals surface area contributed by atoms with Crippen LogP contribution in [0.5, 0.6) is 0 Å². The molecule has 110 valence electrons. The summed E-state index contributed by atoms with van der Waals surface area (Å²) in [6.45, 7) is 5.40. The number of rotatable bonds is 4. The van der Waals surface area contributed by atoms with E-state index < -0.39 is 5.60 Å². The second kappa shape index (κ2) is 6.09. The largest absolute Gasteiger partial charge is 0.389 e. The van der Waals surface area contributed by atoms with Gasteiger partial charge in [0.15, 0.2) is 0 Å². The van der Waals surface area contributed by atoms with E-state index >= 15 is 0 Å². The van der Waals surface area contributed by atoms with Gasteiger partial charge in [-0.3, -0.25) is 0 Å². The molecule has 0 aromatic rings. The van der Waals surface area contributed by atoms with Crippen LogP contribution < -0.4 is 5.32 Å². The Hall–Kier alpha value is -0.810. The number of amides is 2. The van der Waals surface area contributed by atoms with Crippen LogP contribution in [0.2, 0.25) is 0 Å². The zero-order valence-corrected chi connectivity index (χ0v) is 12.0. The summed E-state index contributed by atoms with van der Waals surface area (Å²) in [5.41, 5.74) is -0.841. The third kappa shape index (κ3) is 4.99. The maximum Gasteiger partial charge on any atom is 0.317 e. The number of carbonyl (C=O) groups is 1. The van der Waals surface area contributed by atoms with Gasteiger partial charge in [-0.05, 0) is 46.0 Å². The third-order valence-corrected chi connectivity index (χ3v) is 3.59. The van der Waals surface area contributed by atoms with Crippen molar-refractivity contribution in [3.8, 4) is 0 Å². The third-order valence-electron chi connectivity index (χ3n) is 3.59. The molecule has 0 radical (unpaired) electrons. The molecule has 0 unspecified atom stereocenters. The predicted molar refractivity (Wildman–Crippen MR) is 73.0 cm³/mol. The van der Waals surface area contributed by atoms with Crippen molar-refractivity contribution in [2.24, 2.45) is 0 Å². The van der Waals surface area contributed by atoms with Crippen LogP contribution >= 0.6 is 0 Å². The minimum atomic E-state index is -0.841. The summed E-state index contributed by atoms with van der Waals surface area (Å²) >= 11 is 0. The SMILES string of the molecule is CC(C)(O)CN(C(=O)N[C@H]1CCCOCC1)C1CC1. The number of aliphatic hydroxyl groups is 1. The first-order chi connectivity index (χ1) is 8.96. The van der Waals surface area contributed by atoms with E-state index in [4.69, 9.17) is 4.74 Å². The van der Waals surface area contributed by atoms with Crippen molar-refractivity contribution >= 4 is 6.03 Å². The Labute approximate surface area is 115 Å². The lowest BCUT2D eigenvalue weighted by atomic mass is 10.1. The zero-order valence-electron chi connectivity index (χ0n) is 12.0. The Kier molecular flexibility index (Phi) is 4.68. The summed E-state index contributed by atoms with van der Waals surface area (Å²) in [5.74, 6) is 0. The molecule has 1 heterocycles. The highest BCUT2D eigenvalue weighted by Gasteiger charge is 2.36. The summed E-state index contributed by atoms with van der Waals surface area (Å²) < 4.78 is 5.40. The van der Waals surface area contributed by atoms with Crippen molar-refractivity contribution in [2.75, 3.05) is 19.8 Å². The van der Waals surface area contributed by atoms with Gasteiger partial charge < -0.3 is 20.1 Å². The van der Waals surface area contributed by atoms with Gasteiger partial charge in [-0.15, -0.1) is 0 Å².